The van der Waals surface area contributed by atoms with E-state index in [-0.39, 0.29) is 11.9 Å². The number of hydrogen-bond donors (Lipinski definition) is 0. The minimum absolute atomic E-state index is 0.105. The van der Waals surface area contributed by atoms with E-state index in [1.165, 1.54) is 0 Å². The zero-order chi connectivity index (χ0) is 20.8. The van der Waals surface area contributed by atoms with Crippen LogP contribution in [0.15, 0.2) is 42.5 Å². The number of halogens is 2. The quantitative estimate of drug-likeness (QED) is 0.682. The van der Waals surface area contributed by atoms with Crippen LogP contribution < -0.4 is 4.74 Å². The van der Waals surface area contributed by atoms with E-state index in [0.717, 1.165) is 16.9 Å². The fraction of sp³-hybridized carbons (Fsp3) is 0.364. The van der Waals surface area contributed by atoms with Crippen molar-refractivity contribution in [3.8, 4) is 11.8 Å². The first-order valence-electron chi connectivity index (χ1n) is 9.51. The Balaban J connectivity index is 1.53. The number of benzene rings is 2. The van der Waals surface area contributed by atoms with Gasteiger partial charge in [-0.15, -0.1) is 0 Å². The number of nitrogens with zero attached hydrogens (tertiary/aromatic N) is 3. The third-order valence-corrected chi connectivity index (χ3v) is 5.80. The van der Waals surface area contributed by atoms with Gasteiger partial charge in [-0.2, -0.15) is 5.26 Å². The van der Waals surface area contributed by atoms with Crippen molar-refractivity contribution in [2.24, 2.45) is 0 Å². The third kappa shape index (κ3) is 5.42. The highest BCUT2D eigenvalue weighted by molar-refractivity contribution is 6.35. The summed E-state index contributed by atoms with van der Waals surface area (Å²) in [4.78, 5) is 16.6. The van der Waals surface area contributed by atoms with E-state index in [2.05, 4.69) is 11.0 Å². The highest BCUT2D eigenvalue weighted by atomic mass is 35.5. The van der Waals surface area contributed by atoms with Gasteiger partial charge in [0.25, 0.3) is 0 Å². The molecule has 1 fully saturated rings. The first-order valence-corrected chi connectivity index (χ1v) is 10.3. The van der Waals surface area contributed by atoms with Gasteiger partial charge in [0.05, 0.1) is 13.2 Å². The summed E-state index contributed by atoms with van der Waals surface area (Å²) >= 11 is 12.1. The number of hydrogen-bond acceptors (Lipinski definition) is 4. The number of ether oxygens (including phenoxy) is 1. The van der Waals surface area contributed by atoms with Crippen molar-refractivity contribution in [2.75, 3.05) is 33.3 Å². The zero-order valence-corrected chi connectivity index (χ0v) is 17.8. The number of aryl methyl sites for hydroxylation is 1. The molecule has 3 rings (SSSR count). The molecule has 0 aliphatic carbocycles. The Labute approximate surface area is 181 Å². The van der Waals surface area contributed by atoms with Gasteiger partial charge in [-0.05, 0) is 41.8 Å². The van der Waals surface area contributed by atoms with Crippen LogP contribution in [0.5, 0.6) is 5.75 Å². The number of nitriles is 1. The van der Waals surface area contributed by atoms with Crippen LogP contribution in [0.25, 0.3) is 0 Å². The van der Waals surface area contributed by atoms with Crippen LogP contribution in [0.1, 0.15) is 23.6 Å². The lowest BCUT2D eigenvalue weighted by Crippen LogP contribution is -2.49. The molecule has 1 heterocycles. The molecular weight excluding hydrogens is 409 g/mol. The van der Waals surface area contributed by atoms with Gasteiger partial charge in [-0.1, -0.05) is 41.4 Å². The molecule has 7 heteroatoms. The van der Waals surface area contributed by atoms with Crippen LogP contribution in [-0.4, -0.2) is 49.0 Å². The van der Waals surface area contributed by atoms with Crippen molar-refractivity contribution in [1.29, 1.82) is 5.26 Å². The monoisotopic (exact) mass is 431 g/mol. The Bertz CT molecular complexity index is 888. The predicted molar refractivity (Wildman–Crippen MR) is 114 cm³/mol. The Morgan fingerprint density at radius 3 is 2.41 bits per heavy atom. The lowest BCUT2D eigenvalue weighted by atomic mass is 10.0. The van der Waals surface area contributed by atoms with Crippen LogP contribution in [-0.2, 0) is 11.2 Å². The third-order valence-electron chi connectivity index (χ3n) is 5.21. The molecule has 2 aromatic rings. The maximum Gasteiger partial charge on any atom is 0.222 e. The largest absolute Gasteiger partial charge is 0.497 e. The molecule has 0 bridgehead atoms. The Kier molecular flexibility index (Phi) is 7.38. The molecule has 0 aromatic heterocycles. The topological polar surface area (TPSA) is 56.6 Å². The summed E-state index contributed by atoms with van der Waals surface area (Å²) in [6.07, 6.45) is 0.989. The summed E-state index contributed by atoms with van der Waals surface area (Å²) in [5.41, 5.74) is 1.86. The van der Waals surface area contributed by atoms with Crippen LogP contribution >= 0.6 is 23.2 Å². The second kappa shape index (κ2) is 9.98. The van der Waals surface area contributed by atoms with Gasteiger partial charge in [0, 0.05) is 42.6 Å². The summed E-state index contributed by atoms with van der Waals surface area (Å²) in [6.45, 7) is 2.55. The average Bonchev–Trinajstić information content (AvgIpc) is 2.74. The summed E-state index contributed by atoms with van der Waals surface area (Å²) in [6, 6.07) is 15.0. The van der Waals surface area contributed by atoms with Crippen molar-refractivity contribution >= 4 is 29.1 Å². The summed E-state index contributed by atoms with van der Waals surface area (Å²) in [7, 11) is 1.62. The molecule has 1 aliphatic heterocycles. The predicted octanol–water partition coefficient (Wildman–Crippen LogP) is 4.34. The molecule has 1 saturated heterocycles. The second-order valence-electron chi connectivity index (χ2n) is 6.96. The molecule has 0 saturated carbocycles. The van der Waals surface area contributed by atoms with E-state index < -0.39 is 0 Å². The number of piperazine rings is 1. The molecule has 1 aliphatic rings. The van der Waals surface area contributed by atoms with Crippen molar-refractivity contribution in [3.05, 3.63) is 63.6 Å². The van der Waals surface area contributed by atoms with Crippen LogP contribution in [0.4, 0.5) is 0 Å². The Hall–Kier alpha value is -2.26. The fourth-order valence-electron chi connectivity index (χ4n) is 3.51. The Morgan fingerprint density at radius 2 is 1.83 bits per heavy atom. The van der Waals surface area contributed by atoms with Crippen LogP contribution in [0.2, 0.25) is 10.0 Å². The standard InChI is InChI=1S/C22H23Cl2N3O2/c1-29-19-7-3-17(4-8-19)21(15-25)26-10-12-27(13-11-26)22(28)9-5-16-2-6-18(23)14-20(16)24/h2-4,6-8,14,21H,5,9-13H2,1H3. The smallest absolute Gasteiger partial charge is 0.222 e. The lowest BCUT2D eigenvalue weighted by Gasteiger charge is -2.37. The molecule has 5 nitrogen and oxygen atoms in total. The van der Waals surface area contributed by atoms with Gasteiger partial charge in [0.15, 0.2) is 0 Å². The van der Waals surface area contributed by atoms with Crippen molar-refractivity contribution in [1.82, 2.24) is 9.80 Å². The van der Waals surface area contributed by atoms with E-state index in [0.29, 0.717) is 49.1 Å². The first-order chi connectivity index (χ1) is 14.0. The van der Waals surface area contributed by atoms with Crippen molar-refractivity contribution in [2.45, 2.75) is 18.9 Å². The maximum absolute atomic E-state index is 12.6. The number of methoxy groups -OCH3 is 1. The van der Waals surface area contributed by atoms with E-state index >= 15 is 0 Å². The van der Waals surface area contributed by atoms with E-state index in [9.17, 15) is 10.1 Å². The highest BCUT2D eigenvalue weighted by Gasteiger charge is 2.27. The molecule has 0 spiro atoms. The molecule has 0 radical (unpaired) electrons. The van der Waals surface area contributed by atoms with Crippen molar-refractivity contribution < 1.29 is 9.53 Å². The number of amides is 1. The summed E-state index contributed by atoms with van der Waals surface area (Å²) in [5, 5.41) is 10.8. The van der Waals surface area contributed by atoms with Gasteiger partial charge in [-0.3, -0.25) is 9.69 Å². The minimum atomic E-state index is -0.328. The maximum atomic E-state index is 12.6. The average molecular weight is 432 g/mol. The number of carbonyl (C=O) groups excluding carboxylic acids is 1. The molecule has 2 aromatic carbocycles. The minimum Gasteiger partial charge on any atom is -0.497 e. The highest BCUT2D eigenvalue weighted by Crippen LogP contribution is 2.25. The molecular formula is C22H23Cl2N3O2. The summed E-state index contributed by atoms with van der Waals surface area (Å²) in [5.74, 6) is 0.871. The zero-order valence-electron chi connectivity index (χ0n) is 16.3. The van der Waals surface area contributed by atoms with Gasteiger partial charge in [0.2, 0.25) is 5.91 Å². The molecule has 1 atom stereocenters. The van der Waals surface area contributed by atoms with Gasteiger partial charge in [0.1, 0.15) is 11.8 Å². The molecule has 0 N–H and O–H groups in total. The van der Waals surface area contributed by atoms with Crippen molar-refractivity contribution in [3.63, 3.8) is 0 Å². The SMILES string of the molecule is COc1ccc(C(C#N)N2CCN(C(=O)CCc3ccc(Cl)cc3Cl)CC2)cc1. The van der Waals surface area contributed by atoms with E-state index in [4.69, 9.17) is 27.9 Å². The van der Waals surface area contributed by atoms with Crippen LogP contribution in [0, 0.1) is 11.3 Å². The first kappa shape index (κ1) is 21.4. The van der Waals surface area contributed by atoms with Gasteiger partial charge >= 0.3 is 0 Å². The van der Waals surface area contributed by atoms with E-state index in [1.807, 2.05) is 35.2 Å². The fourth-order valence-corrected chi connectivity index (χ4v) is 4.01. The molecule has 1 amide bonds. The van der Waals surface area contributed by atoms with Gasteiger partial charge < -0.3 is 9.64 Å². The summed E-state index contributed by atoms with van der Waals surface area (Å²) < 4.78 is 5.18. The number of carbonyl (C=O) groups is 1. The van der Waals surface area contributed by atoms with Gasteiger partial charge in [-0.25, -0.2) is 0 Å². The Morgan fingerprint density at radius 1 is 1.14 bits per heavy atom. The second-order valence-corrected chi connectivity index (χ2v) is 7.80. The molecule has 29 heavy (non-hydrogen) atoms. The van der Waals surface area contributed by atoms with E-state index in [1.54, 1.807) is 19.2 Å². The van der Waals surface area contributed by atoms with Crippen LogP contribution in [0.3, 0.4) is 0 Å². The molecule has 152 valence electrons. The normalized spacial score (nSPS) is 15.6. The number of rotatable bonds is 6. The molecule has 1 unspecified atom stereocenters. The lowest BCUT2D eigenvalue weighted by molar-refractivity contribution is -0.133.